The normalized spacial score (nSPS) is 12.5. The molecule has 0 aromatic carbocycles. The second kappa shape index (κ2) is 5.14. The Hall–Kier alpha value is -0.670. The molecule has 70 valence electrons. The second-order valence-electron chi connectivity index (χ2n) is 2.86. The van der Waals surface area contributed by atoms with Gasteiger partial charge >= 0.3 is 0 Å². The number of hydrogen-bond donors (Lipinski definition) is 1. The lowest BCUT2D eigenvalue weighted by molar-refractivity contribution is 0.641. The van der Waals surface area contributed by atoms with Crippen LogP contribution < -0.4 is 5.73 Å². The minimum Gasteiger partial charge on any atom is -0.323 e. The Labute approximate surface area is 87.0 Å². The van der Waals surface area contributed by atoms with E-state index in [9.17, 15) is 0 Å². The second-order valence-corrected chi connectivity index (χ2v) is 3.67. The van der Waals surface area contributed by atoms with Crippen LogP contribution >= 0.6 is 15.9 Å². The minimum atomic E-state index is 0.00972. The molecule has 1 atom stereocenters. The first-order chi connectivity index (χ1) is 6.24. The molecule has 0 aliphatic carbocycles. The first kappa shape index (κ1) is 10.4. The predicted molar refractivity (Wildman–Crippen MR) is 58.3 cm³/mol. The Morgan fingerprint density at radius 2 is 2.38 bits per heavy atom. The van der Waals surface area contributed by atoms with Gasteiger partial charge in [-0.05, 0) is 40.9 Å². The molecule has 0 radical (unpaired) electrons. The van der Waals surface area contributed by atoms with Gasteiger partial charge < -0.3 is 5.73 Å². The van der Waals surface area contributed by atoms with E-state index in [-0.39, 0.29) is 6.04 Å². The van der Waals surface area contributed by atoms with Crippen LogP contribution in [0.15, 0.2) is 35.5 Å². The van der Waals surface area contributed by atoms with E-state index in [0.717, 1.165) is 23.1 Å². The van der Waals surface area contributed by atoms with Crippen LogP contribution in [0, 0.1) is 0 Å². The van der Waals surface area contributed by atoms with Gasteiger partial charge in [-0.3, -0.25) is 0 Å². The highest BCUT2D eigenvalue weighted by atomic mass is 79.9. The number of nitrogens with zero attached hydrogens (tertiary/aromatic N) is 1. The number of aromatic nitrogens is 1. The van der Waals surface area contributed by atoms with Crippen molar-refractivity contribution in [1.29, 1.82) is 0 Å². The Morgan fingerprint density at radius 1 is 1.62 bits per heavy atom. The average Bonchev–Trinajstić information content (AvgIpc) is 2.14. The van der Waals surface area contributed by atoms with E-state index in [1.165, 1.54) is 0 Å². The van der Waals surface area contributed by atoms with Crippen molar-refractivity contribution in [3.8, 4) is 0 Å². The number of allylic oxidation sites excluding steroid dienone is 1. The molecule has 2 nitrogen and oxygen atoms in total. The molecule has 0 saturated carbocycles. The highest BCUT2D eigenvalue weighted by Crippen LogP contribution is 2.15. The molecular formula is C10H13BrN2. The lowest BCUT2D eigenvalue weighted by Gasteiger charge is -2.09. The van der Waals surface area contributed by atoms with Crippen LogP contribution in [0.25, 0.3) is 0 Å². The maximum atomic E-state index is 5.92. The van der Waals surface area contributed by atoms with Crippen molar-refractivity contribution in [2.75, 3.05) is 0 Å². The highest BCUT2D eigenvalue weighted by molar-refractivity contribution is 9.10. The summed E-state index contributed by atoms with van der Waals surface area (Å²) in [7, 11) is 0. The van der Waals surface area contributed by atoms with E-state index in [2.05, 4.69) is 27.5 Å². The fraction of sp³-hybridized carbons (Fsp3) is 0.300. The highest BCUT2D eigenvalue weighted by Gasteiger charge is 2.05. The molecule has 1 heterocycles. The average molecular weight is 241 g/mol. The van der Waals surface area contributed by atoms with Crippen LogP contribution in [-0.4, -0.2) is 4.98 Å². The number of rotatable bonds is 4. The molecule has 0 fully saturated rings. The molecule has 0 unspecified atom stereocenters. The molecule has 1 rings (SSSR count). The van der Waals surface area contributed by atoms with E-state index < -0.39 is 0 Å². The van der Waals surface area contributed by atoms with Gasteiger partial charge in [0.15, 0.2) is 0 Å². The molecule has 0 amide bonds. The Kier molecular flexibility index (Phi) is 4.12. The lowest BCUT2D eigenvalue weighted by Crippen LogP contribution is -2.11. The van der Waals surface area contributed by atoms with Crippen LogP contribution in [0.4, 0.5) is 0 Å². The van der Waals surface area contributed by atoms with Crippen molar-refractivity contribution >= 4 is 15.9 Å². The van der Waals surface area contributed by atoms with Crippen molar-refractivity contribution in [2.45, 2.75) is 18.9 Å². The minimum absolute atomic E-state index is 0.00972. The zero-order valence-electron chi connectivity index (χ0n) is 7.41. The van der Waals surface area contributed by atoms with Gasteiger partial charge in [-0.1, -0.05) is 12.1 Å². The van der Waals surface area contributed by atoms with E-state index in [1.807, 2.05) is 24.3 Å². The van der Waals surface area contributed by atoms with Crippen molar-refractivity contribution in [3.63, 3.8) is 0 Å². The third kappa shape index (κ3) is 3.28. The topological polar surface area (TPSA) is 38.9 Å². The molecule has 0 aliphatic heterocycles. The van der Waals surface area contributed by atoms with Gasteiger partial charge in [0.2, 0.25) is 0 Å². The number of hydrogen-bond acceptors (Lipinski definition) is 2. The van der Waals surface area contributed by atoms with E-state index in [4.69, 9.17) is 5.73 Å². The summed E-state index contributed by atoms with van der Waals surface area (Å²) in [4.78, 5) is 4.28. The lowest BCUT2D eigenvalue weighted by atomic mass is 10.1. The van der Waals surface area contributed by atoms with Gasteiger partial charge in [0.1, 0.15) is 4.60 Å². The molecule has 2 N–H and O–H groups in total. The third-order valence-electron chi connectivity index (χ3n) is 1.80. The summed E-state index contributed by atoms with van der Waals surface area (Å²) >= 11 is 3.31. The molecule has 1 aromatic rings. The van der Waals surface area contributed by atoms with Crippen molar-refractivity contribution in [3.05, 3.63) is 41.2 Å². The van der Waals surface area contributed by atoms with Gasteiger partial charge in [-0.25, -0.2) is 4.98 Å². The molecule has 0 saturated heterocycles. The fourth-order valence-electron chi connectivity index (χ4n) is 1.08. The molecule has 1 aromatic heterocycles. The number of nitrogens with two attached hydrogens (primary N) is 1. The van der Waals surface area contributed by atoms with Gasteiger partial charge in [-0.15, -0.1) is 6.58 Å². The summed E-state index contributed by atoms with van der Waals surface area (Å²) in [5.74, 6) is 0. The fourth-order valence-corrected chi connectivity index (χ4v) is 1.43. The zero-order chi connectivity index (χ0) is 9.68. The molecule has 0 spiro atoms. The molecule has 0 aliphatic rings. The van der Waals surface area contributed by atoms with Crippen LogP contribution in [0.3, 0.4) is 0 Å². The first-order valence-electron chi connectivity index (χ1n) is 4.23. The van der Waals surface area contributed by atoms with Crippen LogP contribution in [0.1, 0.15) is 24.6 Å². The predicted octanol–water partition coefficient (Wildman–Crippen LogP) is 2.81. The molecule has 13 heavy (non-hydrogen) atoms. The van der Waals surface area contributed by atoms with Gasteiger partial charge in [0.05, 0.1) is 5.69 Å². The van der Waals surface area contributed by atoms with Crippen molar-refractivity contribution in [2.24, 2.45) is 5.73 Å². The van der Waals surface area contributed by atoms with Crippen molar-refractivity contribution in [1.82, 2.24) is 4.98 Å². The van der Waals surface area contributed by atoms with E-state index >= 15 is 0 Å². The summed E-state index contributed by atoms with van der Waals surface area (Å²) in [5.41, 5.74) is 6.85. The summed E-state index contributed by atoms with van der Waals surface area (Å²) in [6.45, 7) is 3.66. The quantitative estimate of drug-likeness (QED) is 0.650. The molecule has 0 bridgehead atoms. The van der Waals surface area contributed by atoms with Gasteiger partial charge in [0.25, 0.3) is 0 Å². The Bertz CT molecular complexity index is 286. The zero-order valence-corrected chi connectivity index (χ0v) is 9.00. The SMILES string of the molecule is C=CCC[C@@H](N)c1cccc(Br)n1. The number of halogens is 1. The van der Waals surface area contributed by atoms with Crippen molar-refractivity contribution < 1.29 is 0 Å². The summed E-state index contributed by atoms with van der Waals surface area (Å²) in [6, 6.07) is 5.79. The molecular weight excluding hydrogens is 228 g/mol. The third-order valence-corrected chi connectivity index (χ3v) is 2.24. The van der Waals surface area contributed by atoms with E-state index in [0.29, 0.717) is 0 Å². The van der Waals surface area contributed by atoms with Gasteiger partial charge in [-0.2, -0.15) is 0 Å². The summed E-state index contributed by atoms with van der Waals surface area (Å²) < 4.78 is 0.832. The summed E-state index contributed by atoms with van der Waals surface area (Å²) in [5, 5.41) is 0. The largest absolute Gasteiger partial charge is 0.323 e. The maximum Gasteiger partial charge on any atom is 0.106 e. The monoisotopic (exact) mass is 240 g/mol. The van der Waals surface area contributed by atoms with Gasteiger partial charge in [0, 0.05) is 6.04 Å². The smallest absolute Gasteiger partial charge is 0.106 e. The Morgan fingerprint density at radius 3 is 3.00 bits per heavy atom. The Balaban J connectivity index is 2.65. The number of pyridine rings is 1. The van der Waals surface area contributed by atoms with Crippen LogP contribution in [-0.2, 0) is 0 Å². The van der Waals surface area contributed by atoms with E-state index in [1.54, 1.807) is 0 Å². The molecule has 3 heteroatoms. The van der Waals surface area contributed by atoms with Crippen LogP contribution in [0.5, 0.6) is 0 Å². The first-order valence-corrected chi connectivity index (χ1v) is 5.02. The maximum absolute atomic E-state index is 5.92. The standard InChI is InChI=1S/C10H13BrN2/c1-2-3-5-8(12)9-6-4-7-10(11)13-9/h2,4,6-8H,1,3,5,12H2/t8-/m1/s1. The van der Waals surface area contributed by atoms with Crippen LogP contribution in [0.2, 0.25) is 0 Å². The summed E-state index contributed by atoms with van der Waals surface area (Å²) in [6.07, 6.45) is 3.69.